The maximum absolute atomic E-state index is 12.9. The van der Waals surface area contributed by atoms with E-state index in [1.54, 1.807) is 38.1 Å². The normalized spacial score (nSPS) is 17.9. The fraction of sp³-hybridized carbons (Fsp3) is 0.625. The molecule has 1 heterocycles. The fourth-order valence-electron chi connectivity index (χ4n) is 3.77. The summed E-state index contributed by atoms with van der Waals surface area (Å²) in [4.78, 5) is 39.7. The summed E-state index contributed by atoms with van der Waals surface area (Å²) in [5.41, 5.74) is 0.364. The topological polar surface area (TPSA) is 119 Å². The van der Waals surface area contributed by atoms with Gasteiger partial charge in [0, 0.05) is 18.2 Å². The van der Waals surface area contributed by atoms with Crippen LogP contribution in [0.15, 0.2) is 24.3 Å². The molecule has 0 bridgehead atoms. The number of sulfone groups is 1. The second-order valence-corrected chi connectivity index (χ2v) is 11.5. The minimum atomic E-state index is -3.17. The van der Waals surface area contributed by atoms with Crippen LogP contribution >= 0.6 is 0 Å². The number of esters is 1. The Morgan fingerprint density at radius 2 is 1.76 bits per heavy atom. The van der Waals surface area contributed by atoms with Gasteiger partial charge in [-0.1, -0.05) is 27.7 Å². The first-order valence-electron chi connectivity index (χ1n) is 11.6. The molecule has 0 radical (unpaired) electrons. The van der Waals surface area contributed by atoms with Crippen molar-refractivity contribution in [2.75, 3.05) is 31.3 Å². The number of nitrogens with zero attached hydrogens (tertiary/aromatic N) is 1. The van der Waals surface area contributed by atoms with E-state index in [-0.39, 0.29) is 23.3 Å². The Labute approximate surface area is 202 Å². The number of benzene rings is 1. The lowest BCUT2D eigenvalue weighted by Crippen LogP contribution is -2.48. The second-order valence-electron chi connectivity index (χ2n) is 9.26. The number of ether oxygens (including phenoxy) is 2. The van der Waals surface area contributed by atoms with Crippen molar-refractivity contribution < 1.29 is 32.3 Å². The summed E-state index contributed by atoms with van der Waals surface area (Å²) in [5, 5.41) is 2.68. The Morgan fingerprint density at radius 1 is 1.12 bits per heavy atom. The molecule has 1 aliphatic rings. The summed E-state index contributed by atoms with van der Waals surface area (Å²) in [7, 11) is -3.17. The second kappa shape index (κ2) is 12.2. The van der Waals surface area contributed by atoms with Gasteiger partial charge < -0.3 is 19.7 Å². The van der Waals surface area contributed by atoms with Crippen LogP contribution in [0.25, 0.3) is 0 Å². The lowest BCUT2D eigenvalue weighted by Gasteiger charge is -2.30. The van der Waals surface area contributed by atoms with Gasteiger partial charge in [0.25, 0.3) is 11.8 Å². The van der Waals surface area contributed by atoms with Gasteiger partial charge in [-0.3, -0.25) is 9.59 Å². The molecular formula is C24H36N2O7S. The Kier molecular flexibility index (Phi) is 9.90. The Morgan fingerprint density at radius 3 is 2.26 bits per heavy atom. The van der Waals surface area contributed by atoms with Crippen molar-refractivity contribution in [1.29, 1.82) is 0 Å². The average Bonchev–Trinajstić information content (AvgIpc) is 3.13. The first-order chi connectivity index (χ1) is 15.9. The van der Waals surface area contributed by atoms with Gasteiger partial charge >= 0.3 is 5.97 Å². The maximum Gasteiger partial charge on any atom is 0.329 e. The van der Waals surface area contributed by atoms with Crippen LogP contribution in [-0.4, -0.2) is 74.4 Å². The van der Waals surface area contributed by atoms with E-state index < -0.39 is 46.3 Å². The van der Waals surface area contributed by atoms with Crippen molar-refractivity contribution in [1.82, 2.24) is 10.2 Å². The van der Waals surface area contributed by atoms with E-state index in [1.165, 1.54) is 4.90 Å². The number of nitrogens with one attached hydrogen (secondary N) is 1. The molecule has 1 fully saturated rings. The number of hydrogen-bond donors (Lipinski definition) is 1. The molecule has 10 heteroatoms. The molecule has 1 aliphatic heterocycles. The van der Waals surface area contributed by atoms with Crippen LogP contribution in [0.4, 0.5) is 0 Å². The minimum absolute atomic E-state index is 0.0479. The Bertz CT molecular complexity index is 958. The van der Waals surface area contributed by atoms with Crippen molar-refractivity contribution >= 4 is 27.6 Å². The quantitative estimate of drug-likeness (QED) is 0.466. The van der Waals surface area contributed by atoms with Crippen LogP contribution in [0.2, 0.25) is 0 Å². The standard InChI is InChI=1S/C24H36N2O7S/c1-6-32-20-9-7-18(8-10-20)23(28)25-22(17(4)5)24(29)33-14-21(27)26(13-16(2)3)19-11-12-34(30,31)15-19/h7-10,16-17,19,22H,6,11-15H2,1-5H3,(H,25,28)/t19?,22-/m0/s1. The molecule has 34 heavy (non-hydrogen) atoms. The predicted molar refractivity (Wildman–Crippen MR) is 128 cm³/mol. The van der Waals surface area contributed by atoms with E-state index in [0.717, 1.165) is 0 Å². The van der Waals surface area contributed by atoms with Gasteiger partial charge in [-0.2, -0.15) is 0 Å². The molecule has 190 valence electrons. The van der Waals surface area contributed by atoms with Gasteiger partial charge in [0.15, 0.2) is 16.4 Å². The van der Waals surface area contributed by atoms with Gasteiger partial charge in [0.1, 0.15) is 11.8 Å². The first kappa shape index (κ1) is 27.6. The SMILES string of the molecule is CCOc1ccc(C(=O)N[C@H](C(=O)OCC(=O)N(CC(C)C)C2CCS(=O)(=O)C2)C(C)C)cc1. The van der Waals surface area contributed by atoms with Crippen molar-refractivity contribution in [3.05, 3.63) is 29.8 Å². The van der Waals surface area contributed by atoms with E-state index >= 15 is 0 Å². The third-order valence-corrected chi connectivity index (χ3v) is 7.25. The highest BCUT2D eigenvalue weighted by atomic mass is 32.2. The summed E-state index contributed by atoms with van der Waals surface area (Å²) >= 11 is 0. The van der Waals surface area contributed by atoms with Gasteiger partial charge in [0.2, 0.25) is 0 Å². The monoisotopic (exact) mass is 496 g/mol. The summed E-state index contributed by atoms with van der Waals surface area (Å²) in [6.07, 6.45) is 0.376. The molecular weight excluding hydrogens is 460 g/mol. The van der Waals surface area contributed by atoms with Crippen molar-refractivity contribution in [2.45, 2.75) is 53.1 Å². The smallest absolute Gasteiger partial charge is 0.329 e. The largest absolute Gasteiger partial charge is 0.494 e. The molecule has 2 amide bonds. The molecule has 0 aliphatic carbocycles. The van der Waals surface area contributed by atoms with E-state index in [1.807, 2.05) is 20.8 Å². The van der Waals surface area contributed by atoms with Crippen molar-refractivity contribution in [3.63, 3.8) is 0 Å². The highest BCUT2D eigenvalue weighted by molar-refractivity contribution is 7.91. The van der Waals surface area contributed by atoms with Crippen molar-refractivity contribution in [3.8, 4) is 5.75 Å². The van der Waals surface area contributed by atoms with Crippen LogP contribution < -0.4 is 10.1 Å². The van der Waals surface area contributed by atoms with Gasteiger partial charge in [0.05, 0.1) is 18.1 Å². The fourth-order valence-corrected chi connectivity index (χ4v) is 5.50. The van der Waals surface area contributed by atoms with Crippen molar-refractivity contribution in [2.24, 2.45) is 11.8 Å². The lowest BCUT2D eigenvalue weighted by molar-refractivity contribution is -0.155. The first-order valence-corrected chi connectivity index (χ1v) is 13.5. The molecule has 2 atom stereocenters. The van der Waals surface area contributed by atoms with Crippen LogP contribution in [-0.2, 0) is 24.2 Å². The van der Waals surface area contributed by atoms with Crippen LogP contribution in [0.5, 0.6) is 5.75 Å². The van der Waals surface area contributed by atoms with E-state index in [0.29, 0.717) is 30.9 Å². The van der Waals surface area contributed by atoms with Crippen LogP contribution in [0, 0.1) is 11.8 Å². The summed E-state index contributed by atoms with van der Waals surface area (Å²) in [6.45, 7) is 9.63. The summed E-state index contributed by atoms with van der Waals surface area (Å²) < 4.78 is 34.4. The van der Waals surface area contributed by atoms with Crippen LogP contribution in [0.3, 0.4) is 0 Å². The molecule has 0 saturated carbocycles. The molecule has 1 aromatic carbocycles. The summed E-state index contributed by atoms with van der Waals surface area (Å²) in [6, 6.07) is 5.19. The third-order valence-electron chi connectivity index (χ3n) is 5.50. The average molecular weight is 497 g/mol. The van der Waals surface area contributed by atoms with Gasteiger partial charge in [-0.15, -0.1) is 0 Å². The van der Waals surface area contributed by atoms with Gasteiger partial charge in [-0.05, 0) is 49.4 Å². The molecule has 0 aromatic heterocycles. The predicted octanol–water partition coefficient (Wildman–Crippen LogP) is 2.05. The minimum Gasteiger partial charge on any atom is -0.494 e. The highest BCUT2D eigenvalue weighted by Crippen LogP contribution is 2.20. The molecule has 1 saturated heterocycles. The Hall–Kier alpha value is -2.62. The molecule has 0 spiro atoms. The Balaban J connectivity index is 2.00. The van der Waals surface area contributed by atoms with E-state index in [2.05, 4.69) is 5.32 Å². The molecule has 1 N–H and O–H groups in total. The molecule has 1 aromatic rings. The zero-order valence-corrected chi connectivity index (χ0v) is 21.4. The number of rotatable bonds is 11. The van der Waals surface area contributed by atoms with Crippen LogP contribution in [0.1, 0.15) is 51.4 Å². The highest BCUT2D eigenvalue weighted by Gasteiger charge is 2.35. The van der Waals surface area contributed by atoms with E-state index in [9.17, 15) is 22.8 Å². The lowest BCUT2D eigenvalue weighted by atomic mass is 10.0. The zero-order valence-electron chi connectivity index (χ0n) is 20.6. The van der Waals surface area contributed by atoms with E-state index in [4.69, 9.17) is 9.47 Å². The molecule has 9 nitrogen and oxygen atoms in total. The number of carbonyl (C=O) groups excluding carboxylic acids is 3. The van der Waals surface area contributed by atoms with Gasteiger partial charge in [-0.25, -0.2) is 13.2 Å². The number of carbonyl (C=O) groups is 3. The number of amides is 2. The maximum atomic E-state index is 12.9. The zero-order chi connectivity index (χ0) is 25.5. The molecule has 1 unspecified atom stereocenters. The number of hydrogen-bond acceptors (Lipinski definition) is 7. The third kappa shape index (κ3) is 8.00. The summed E-state index contributed by atoms with van der Waals surface area (Å²) in [5.74, 6) is -1.14. The molecule has 2 rings (SSSR count).